The third-order valence-electron chi connectivity index (χ3n) is 2.58. The van der Waals surface area contributed by atoms with E-state index in [1.807, 2.05) is 28.8 Å². The highest BCUT2D eigenvalue weighted by molar-refractivity contribution is 9.10. The Hall–Kier alpha value is -0.770. The van der Waals surface area contributed by atoms with Crippen LogP contribution in [0.25, 0.3) is 0 Å². The van der Waals surface area contributed by atoms with Gasteiger partial charge in [0.1, 0.15) is 5.69 Å². The van der Waals surface area contributed by atoms with E-state index < -0.39 is 0 Å². The Balaban J connectivity index is 2.21. The van der Waals surface area contributed by atoms with E-state index in [1.165, 1.54) is 0 Å². The van der Waals surface area contributed by atoms with Crippen LogP contribution in [-0.2, 0) is 7.05 Å². The van der Waals surface area contributed by atoms with Crippen LogP contribution in [0.2, 0.25) is 0 Å². The fourth-order valence-corrected chi connectivity index (χ4v) is 2.34. The van der Waals surface area contributed by atoms with Gasteiger partial charge in [0, 0.05) is 30.8 Å². The zero-order valence-electron chi connectivity index (χ0n) is 8.16. The van der Waals surface area contributed by atoms with Gasteiger partial charge in [0.25, 0.3) is 5.91 Å². The van der Waals surface area contributed by atoms with Crippen molar-refractivity contribution in [3.05, 3.63) is 22.4 Å². The second kappa shape index (κ2) is 3.77. The van der Waals surface area contributed by atoms with Crippen LogP contribution >= 0.6 is 15.9 Å². The molecular weight excluding hydrogens is 244 g/mol. The van der Waals surface area contributed by atoms with Gasteiger partial charge in [-0.15, -0.1) is 0 Å². The summed E-state index contributed by atoms with van der Waals surface area (Å²) in [6.07, 6.45) is 4.18. The van der Waals surface area contributed by atoms with E-state index in [-0.39, 0.29) is 5.91 Å². The number of carbonyl (C=O) groups is 1. The zero-order valence-corrected chi connectivity index (χ0v) is 9.75. The highest BCUT2D eigenvalue weighted by Crippen LogP contribution is 2.17. The molecule has 0 atom stereocenters. The SMILES string of the molecule is Cn1cc(Br)cc1C(=O)N1CCCC1. The number of amides is 1. The number of aryl methyl sites for hydroxylation is 1. The lowest BCUT2D eigenvalue weighted by atomic mass is 10.4. The Morgan fingerprint density at radius 2 is 2.07 bits per heavy atom. The summed E-state index contributed by atoms with van der Waals surface area (Å²) < 4.78 is 2.83. The molecule has 2 rings (SSSR count). The average molecular weight is 257 g/mol. The first-order valence-corrected chi connectivity index (χ1v) is 5.59. The molecule has 0 N–H and O–H groups in total. The predicted octanol–water partition coefficient (Wildman–Crippen LogP) is 2.02. The zero-order chi connectivity index (χ0) is 10.1. The lowest BCUT2D eigenvalue weighted by Gasteiger charge is -2.15. The van der Waals surface area contributed by atoms with E-state index in [0.29, 0.717) is 0 Å². The van der Waals surface area contributed by atoms with Gasteiger partial charge in [0.15, 0.2) is 0 Å². The Morgan fingerprint density at radius 3 is 2.57 bits per heavy atom. The summed E-state index contributed by atoms with van der Waals surface area (Å²) in [7, 11) is 1.90. The number of aromatic nitrogens is 1. The molecule has 1 aliphatic heterocycles. The van der Waals surface area contributed by atoms with E-state index in [4.69, 9.17) is 0 Å². The molecule has 0 aromatic carbocycles. The molecule has 1 saturated heterocycles. The number of hydrogen-bond acceptors (Lipinski definition) is 1. The van der Waals surface area contributed by atoms with Crippen molar-refractivity contribution in [1.29, 1.82) is 0 Å². The van der Waals surface area contributed by atoms with Crippen molar-refractivity contribution in [3.63, 3.8) is 0 Å². The summed E-state index contributed by atoms with van der Waals surface area (Å²) in [5, 5.41) is 0. The molecule has 1 aromatic rings. The van der Waals surface area contributed by atoms with Crippen LogP contribution in [0, 0.1) is 0 Å². The molecule has 14 heavy (non-hydrogen) atoms. The van der Waals surface area contributed by atoms with Gasteiger partial charge in [0.2, 0.25) is 0 Å². The number of hydrogen-bond donors (Lipinski definition) is 0. The Kier molecular flexibility index (Phi) is 2.63. The number of likely N-dealkylation sites (tertiary alicyclic amines) is 1. The van der Waals surface area contributed by atoms with E-state index in [1.54, 1.807) is 0 Å². The van der Waals surface area contributed by atoms with Crippen LogP contribution in [0.3, 0.4) is 0 Å². The lowest BCUT2D eigenvalue weighted by molar-refractivity contribution is 0.0783. The fourth-order valence-electron chi connectivity index (χ4n) is 1.82. The van der Waals surface area contributed by atoms with E-state index in [9.17, 15) is 4.79 Å². The maximum absolute atomic E-state index is 12.0. The van der Waals surface area contributed by atoms with E-state index in [2.05, 4.69) is 15.9 Å². The van der Waals surface area contributed by atoms with Crippen LogP contribution in [0.15, 0.2) is 16.7 Å². The summed E-state index contributed by atoms with van der Waals surface area (Å²) in [6, 6.07) is 1.88. The molecule has 1 aromatic heterocycles. The molecule has 76 valence electrons. The molecule has 2 heterocycles. The topological polar surface area (TPSA) is 25.2 Å². The fraction of sp³-hybridized carbons (Fsp3) is 0.500. The normalized spacial score (nSPS) is 16.3. The van der Waals surface area contributed by atoms with Gasteiger partial charge in [-0.2, -0.15) is 0 Å². The molecule has 1 fully saturated rings. The van der Waals surface area contributed by atoms with Crippen molar-refractivity contribution in [3.8, 4) is 0 Å². The summed E-state index contributed by atoms with van der Waals surface area (Å²) in [5.41, 5.74) is 0.763. The van der Waals surface area contributed by atoms with Crippen molar-refractivity contribution in [2.45, 2.75) is 12.8 Å². The first kappa shape index (κ1) is 9.77. The van der Waals surface area contributed by atoms with E-state index >= 15 is 0 Å². The minimum Gasteiger partial charge on any atom is -0.345 e. The highest BCUT2D eigenvalue weighted by atomic mass is 79.9. The minimum atomic E-state index is 0.149. The molecule has 3 nitrogen and oxygen atoms in total. The molecule has 0 unspecified atom stereocenters. The maximum Gasteiger partial charge on any atom is 0.270 e. The van der Waals surface area contributed by atoms with Gasteiger partial charge in [-0.05, 0) is 34.8 Å². The summed E-state index contributed by atoms with van der Waals surface area (Å²) >= 11 is 3.37. The predicted molar refractivity (Wildman–Crippen MR) is 58.3 cm³/mol. The van der Waals surface area contributed by atoms with Gasteiger partial charge >= 0.3 is 0 Å². The molecule has 0 bridgehead atoms. The van der Waals surface area contributed by atoms with Gasteiger partial charge in [-0.1, -0.05) is 0 Å². The first-order chi connectivity index (χ1) is 6.68. The van der Waals surface area contributed by atoms with Crippen LogP contribution in [-0.4, -0.2) is 28.5 Å². The number of halogens is 1. The van der Waals surface area contributed by atoms with Crippen LogP contribution in [0.4, 0.5) is 0 Å². The maximum atomic E-state index is 12.0. The van der Waals surface area contributed by atoms with Crippen molar-refractivity contribution in [2.75, 3.05) is 13.1 Å². The minimum absolute atomic E-state index is 0.149. The lowest BCUT2D eigenvalue weighted by Crippen LogP contribution is -2.29. The summed E-state index contributed by atoms with van der Waals surface area (Å²) in [5.74, 6) is 0.149. The monoisotopic (exact) mass is 256 g/mol. The molecular formula is C10H13BrN2O. The third-order valence-corrected chi connectivity index (χ3v) is 3.02. The van der Waals surface area contributed by atoms with Crippen molar-refractivity contribution < 1.29 is 4.79 Å². The average Bonchev–Trinajstić information content (AvgIpc) is 2.73. The van der Waals surface area contributed by atoms with Crippen LogP contribution < -0.4 is 0 Å². The Bertz CT molecular complexity index is 353. The second-order valence-corrected chi connectivity index (χ2v) is 4.57. The van der Waals surface area contributed by atoms with Crippen molar-refractivity contribution >= 4 is 21.8 Å². The van der Waals surface area contributed by atoms with Crippen molar-refractivity contribution in [1.82, 2.24) is 9.47 Å². The first-order valence-electron chi connectivity index (χ1n) is 4.79. The largest absolute Gasteiger partial charge is 0.345 e. The van der Waals surface area contributed by atoms with Gasteiger partial charge in [0.05, 0.1) is 0 Å². The van der Waals surface area contributed by atoms with Gasteiger partial charge in [-0.25, -0.2) is 0 Å². The van der Waals surface area contributed by atoms with E-state index in [0.717, 1.165) is 36.1 Å². The molecule has 0 radical (unpaired) electrons. The summed E-state index contributed by atoms with van der Waals surface area (Å²) in [4.78, 5) is 13.9. The highest BCUT2D eigenvalue weighted by Gasteiger charge is 2.21. The van der Waals surface area contributed by atoms with Crippen LogP contribution in [0.1, 0.15) is 23.3 Å². The molecule has 1 aliphatic rings. The van der Waals surface area contributed by atoms with Gasteiger partial charge < -0.3 is 9.47 Å². The smallest absolute Gasteiger partial charge is 0.270 e. The summed E-state index contributed by atoms with van der Waals surface area (Å²) in [6.45, 7) is 1.81. The van der Waals surface area contributed by atoms with Crippen molar-refractivity contribution in [2.24, 2.45) is 7.05 Å². The number of rotatable bonds is 1. The number of nitrogens with zero attached hydrogens (tertiary/aromatic N) is 2. The molecule has 0 aliphatic carbocycles. The van der Waals surface area contributed by atoms with Crippen LogP contribution in [0.5, 0.6) is 0 Å². The molecule has 1 amide bonds. The third kappa shape index (κ3) is 1.71. The number of carbonyl (C=O) groups excluding carboxylic acids is 1. The standard InChI is InChI=1S/C10H13BrN2O/c1-12-7-8(11)6-9(12)10(14)13-4-2-3-5-13/h6-7H,2-5H2,1H3. The quantitative estimate of drug-likeness (QED) is 0.755. The molecule has 0 spiro atoms. The second-order valence-electron chi connectivity index (χ2n) is 3.65. The van der Waals surface area contributed by atoms with Gasteiger partial charge in [-0.3, -0.25) is 4.79 Å². The molecule has 0 saturated carbocycles. The Labute approximate surface area is 91.8 Å². The Morgan fingerprint density at radius 1 is 1.43 bits per heavy atom. The molecule has 4 heteroatoms.